The fourth-order valence-electron chi connectivity index (χ4n) is 4.40. The van der Waals surface area contributed by atoms with Gasteiger partial charge in [-0.1, -0.05) is 24.4 Å². The number of halogens is 1. The number of benzene rings is 1. The van der Waals surface area contributed by atoms with Crippen LogP contribution in [0.25, 0.3) is 0 Å². The zero-order chi connectivity index (χ0) is 17.4. The molecule has 2 heterocycles. The fourth-order valence-corrected chi connectivity index (χ4v) is 5.85. The van der Waals surface area contributed by atoms with Crippen molar-refractivity contribution in [2.45, 2.75) is 43.4 Å². The van der Waals surface area contributed by atoms with Gasteiger partial charge in [0.2, 0.25) is 11.8 Å². The van der Waals surface area contributed by atoms with Crippen LogP contribution < -0.4 is 4.90 Å². The lowest BCUT2D eigenvalue weighted by atomic mass is 9.98. The molecule has 2 amide bonds. The minimum Gasteiger partial charge on any atom is -0.342 e. The third-order valence-electron chi connectivity index (χ3n) is 5.77. The standard InChI is InChI=1S/C19H23ClN2O2S/c20-15-5-7-16(8-6-15)22-17(23)13-25-19(22)9-11-21(12-10-19)18(24)14-3-1-2-4-14/h5-8,14H,1-4,9-13H2. The van der Waals surface area contributed by atoms with E-state index in [0.29, 0.717) is 16.7 Å². The van der Waals surface area contributed by atoms with E-state index in [1.165, 1.54) is 12.8 Å². The molecule has 3 fully saturated rings. The summed E-state index contributed by atoms with van der Waals surface area (Å²) in [5, 5.41) is 0.675. The molecule has 0 N–H and O–H groups in total. The van der Waals surface area contributed by atoms with Crippen LogP contribution in [0.1, 0.15) is 38.5 Å². The maximum absolute atomic E-state index is 12.7. The van der Waals surface area contributed by atoms with Crippen molar-refractivity contribution in [3.8, 4) is 0 Å². The summed E-state index contributed by atoms with van der Waals surface area (Å²) in [6.07, 6.45) is 6.13. The van der Waals surface area contributed by atoms with E-state index in [2.05, 4.69) is 0 Å². The van der Waals surface area contributed by atoms with Crippen molar-refractivity contribution in [1.82, 2.24) is 4.90 Å². The van der Waals surface area contributed by atoms with Crippen LogP contribution in [0.4, 0.5) is 5.69 Å². The highest BCUT2D eigenvalue weighted by atomic mass is 35.5. The van der Waals surface area contributed by atoms with Gasteiger partial charge in [0.25, 0.3) is 0 Å². The fraction of sp³-hybridized carbons (Fsp3) is 0.579. The lowest BCUT2D eigenvalue weighted by molar-refractivity contribution is -0.136. The molecule has 1 aromatic rings. The minimum absolute atomic E-state index is 0.155. The predicted octanol–water partition coefficient (Wildman–Crippen LogP) is 3.93. The molecule has 1 spiro atoms. The zero-order valence-electron chi connectivity index (χ0n) is 14.2. The highest BCUT2D eigenvalue weighted by Crippen LogP contribution is 2.47. The van der Waals surface area contributed by atoms with E-state index in [-0.39, 0.29) is 16.7 Å². The zero-order valence-corrected chi connectivity index (χ0v) is 15.8. The molecule has 0 unspecified atom stereocenters. The molecule has 25 heavy (non-hydrogen) atoms. The molecule has 0 bridgehead atoms. The van der Waals surface area contributed by atoms with Crippen LogP contribution in [-0.2, 0) is 9.59 Å². The second-order valence-electron chi connectivity index (χ2n) is 7.25. The highest BCUT2D eigenvalue weighted by Gasteiger charge is 2.49. The number of carbonyl (C=O) groups is 2. The van der Waals surface area contributed by atoms with Crippen molar-refractivity contribution >= 4 is 40.9 Å². The molecule has 4 nitrogen and oxygen atoms in total. The van der Waals surface area contributed by atoms with E-state index >= 15 is 0 Å². The van der Waals surface area contributed by atoms with Gasteiger partial charge in [0.1, 0.15) is 0 Å². The first-order chi connectivity index (χ1) is 12.1. The summed E-state index contributed by atoms with van der Waals surface area (Å²) in [6, 6.07) is 7.51. The normalized spacial score (nSPS) is 23.6. The Morgan fingerprint density at radius 2 is 1.76 bits per heavy atom. The Hall–Kier alpha value is -1.20. The van der Waals surface area contributed by atoms with Crippen molar-refractivity contribution in [1.29, 1.82) is 0 Å². The van der Waals surface area contributed by atoms with Crippen LogP contribution in [0.5, 0.6) is 0 Å². The summed E-state index contributed by atoms with van der Waals surface area (Å²) in [5.41, 5.74) is 0.912. The highest BCUT2D eigenvalue weighted by molar-refractivity contribution is 8.02. The van der Waals surface area contributed by atoms with Crippen LogP contribution in [0.15, 0.2) is 24.3 Å². The number of hydrogen-bond acceptors (Lipinski definition) is 3. The van der Waals surface area contributed by atoms with Gasteiger partial charge in [-0.05, 0) is 49.9 Å². The number of rotatable bonds is 2. The molecule has 2 aliphatic heterocycles. The summed E-state index contributed by atoms with van der Waals surface area (Å²) in [5.74, 6) is 1.24. The predicted molar refractivity (Wildman–Crippen MR) is 102 cm³/mol. The van der Waals surface area contributed by atoms with E-state index in [0.717, 1.165) is 44.5 Å². The molecule has 2 saturated heterocycles. The van der Waals surface area contributed by atoms with Gasteiger partial charge in [-0.3, -0.25) is 14.5 Å². The first kappa shape index (κ1) is 17.2. The Kier molecular flexibility index (Phi) is 4.71. The van der Waals surface area contributed by atoms with E-state index in [1.807, 2.05) is 34.1 Å². The number of nitrogens with zero attached hydrogens (tertiary/aromatic N) is 2. The monoisotopic (exact) mass is 378 g/mol. The molecule has 0 aromatic heterocycles. The Morgan fingerprint density at radius 1 is 1.12 bits per heavy atom. The lowest BCUT2D eigenvalue weighted by Gasteiger charge is -2.44. The largest absolute Gasteiger partial charge is 0.342 e. The van der Waals surface area contributed by atoms with E-state index in [9.17, 15) is 9.59 Å². The molecule has 1 aliphatic carbocycles. The van der Waals surface area contributed by atoms with Gasteiger partial charge in [0, 0.05) is 29.7 Å². The van der Waals surface area contributed by atoms with Crippen LogP contribution in [0, 0.1) is 5.92 Å². The van der Waals surface area contributed by atoms with E-state index in [4.69, 9.17) is 11.6 Å². The number of thioether (sulfide) groups is 1. The molecule has 4 rings (SSSR count). The average Bonchev–Trinajstić information content (AvgIpc) is 3.26. The Labute approximate surface area is 157 Å². The van der Waals surface area contributed by atoms with Gasteiger partial charge in [-0.15, -0.1) is 11.8 Å². The van der Waals surface area contributed by atoms with Crippen LogP contribution >= 0.6 is 23.4 Å². The quantitative estimate of drug-likeness (QED) is 0.782. The van der Waals surface area contributed by atoms with Gasteiger partial charge < -0.3 is 4.90 Å². The van der Waals surface area contributed by atoms with Gasteiger partial charge in [0.05, 0.1) is 10.6 Å². The second-order valence-corrected chi connectivity index (χ2v) is 9.02. The van der Waals surface area contributed by atoms with Crippen LogP contribution in [-0.4, -0.2) is 40.4 Å². The Balaban J connectivity index is 1.49. The number of carbonyl (C=O) groups excluding carboxylic acids is 2. The number of anilines is 1. The Bertz CT molecular complexity index is 665. The SMILES string of the molecule is O=C(C1CCCC1)N1CCC2(CC1)SCC(=O)N2c1ccc(Cl)cc1. The van der Waals surface area contributed by atoms with Crippen molar-refractivity contribution in [2.24, 2.45) is 5.92 Å². The number of hydrogen-bond donors (Lipinski definition) is 0. The minimum atomic E-state index is -0.211. The maximum atomic E-state index is 12.7. The third kappa shape index (κ3) is 3.17. The van der Waals surface area contributed by atoms with E-state index in [1.54, 1.807) is 11.8 Å². The summed E-state index contributed by atoms with van der Waals surface area (Å²) in [6.45, 7) is 1.50. The van der Waals surface area contributed by atoms with Crippen LogP contribution in [0.2, 0.25) is 5.02 Å². The molecule has 3 aliphatic rings. The van der Waals surface area contributed by atoms with E-state index < -0.39 is 0 Å². The summed E-state index contributed by atoms with van der Waals surface area (Å²) in [7, 11) is 0. The third-order valence-corrected chi connectivity index (χ3v) is 7.54. The van der Waals surface area contributed by atoms with Gasteiger partial charge in [0.15, 0.2) is 0 Å². The summed E-state index contributed by atoms with van der Waals surface area (Å²) < 4.78 is 0. The number of likely N-dealkylation sites (tertiary alicyclic amines) is 1. The molecular formula is C19H23ClN2O2S. The Morgan fingerprint density at radius 3 is 2.40 bits per heavy atom. The van der Waals surface area contributed by atoms with Crippen molar-refractivity contribution in [2.75, 3.05) is 23.7 Å². The molecule has 0 atom stereocenters. The number of piperidine rings is 1. The first-order valence-electron chi connectivity index (χ1n) is 9.10. The van der Waals surface area contributed by atoms with Crippen molar-refractivity contribution in [3.05, 3.63) is 29.3 Å². The smallest absolute Gasteiger partial charge is 0.238 e. The lowest BCUT2D eigenvalue weighted by Crippen LogP contribution is -2.53. The average molecular weight is 379 g/mol. The van der Waals surface area contributed by atoms with Crippen LogP contribution in [0.3, 0.4) is 0 Å². The summed E-state index contributed by atoms with van der Waals surface area (Å²) in [4.78, 5) is 29.0. The van der Waals surface area contributed by atoms with Gasteiger partial charge in [-0.2, -0.15) is 0 Å². The van der Waals surface area contributed by atoms with Crippen molar-refractivity contribution in [3.63, 3.8) is 0 Å². The second kappa shape index (κ2) is 6.84. The maximum Gasteiger partial charge on any atom is 0.238 e. The molecule has 0 radical (unpaired) electrons. The first-order valence-corrected chi connectivity index (χ1v) is 10.5. The number of amides is 2. The molecule has 134 valence electrons. The molecule has 1 aromatic carbocycles. The van der Waals surface area contributed by atoms with Crippen molar-refractivity contribution < 1.29 is 9.59 Å². The molecular weight excluding hydrogens is 356 g/mol. The molecule has 1 saturated carbocycles. The topological polar surface area (TPSA) is 40.6 Å². The summed E-state index contributed by atoms with van der Waals surface area (Å²) >= 11 is 7.73. The molecule has 6 heteroatoms. The van der Waals surface area contributed by atoms with Gasteiger partial charge in [-0.25, -0.2) is 0 Å². The van der Waals surface area contributed by atoms with Gasteiger partial charge >= 0.3 is 0 Å².